The second-order valence-electron chi connectivity index (χ2n) is 5.81. The SMILES string of the molecule is COc1ccc(-c2cc(F)cc(C(=O)Nc3ccc(CCO)cc3)c2)nn1. The Balaban J connectivity index is 1.81. The van der Waals surface area contributed by atoms with Gasteiger partial charge in [-0.15, -0.1) is 10.2 Å². The normalized spacial score (nSPS) is 10.5. The van der Waals surface area contributed by atoms with Crippen LogP contribution in [-0.2, 0) is 6.42 Å². The van der Waals surface area contributed by atoms with Crippen LogP contribution in [0.1, 0.15) is 15.9 Å². The first-order chi connectivity index (χ1) is 13.1. The van der Waals surface area contributed by atoms with Crippen LogP contribution >= 0.6 is 0 Å². The third kappa shape index (κ3) is 4.65. The Morgan fingerprint density at radius 2 is 1.89 bits per heavy atom. The van der Waals surface area contributed by atoms with Gasteiger partial charge in [0.25, 0.3) is 5.91 Å². The third-order valence-corrected chi connectivity index (χ3v) is 3.92. The number of hydrogen-bond acceptors (Lipinski definition) is 5. The number of aromatic nitrogens is 2. The fourth-order valence-electron chi connectivity index (χ4n) is 2.54. The Bertz CT molecular complexity index is 928. The number of hydrogen-bond donors (Lipinski definition) is 2. The van der Waals surface area contributed by atoms with E-state index in [1.165, 1.54) is 13.2 Å². The van der Waals surface area contributed by atoms with Gasteiger partial charge in [-0.3, -0.25) is 4.79 Å². The maximum atomic E-state index is 14.0. The van der Waals surface area contributed by atoms with Crippen molar-refractivity contribution >= 4 is 11.6 Å². The van der Waals surface area contributed by atoms with E-state index < -0.39 is 11.7 Å². The molecule has 1 aromatic heterocycles. The number of benzene rings is 2. The zero-order valence-electron chi connectivity index (χ0n) is 14.6. The van der Waals surface area contributed by atoms with Crippen molar-refractivity contribution in [3.8, 4) is 17.1 Å². The molecular formula is C20H18FN3O3. The topological polar surface area (TPSA) is 84.3 Å². The van der Waals surface area contributed by atoms with Crippen molar-refractivity contribution in [3.63, 3.8) is 0 Å². The average Bonchev–Trinajstić information content (AvgIpc) is 2.69. The number of anilines is 1. The van der Waals surface area contributed by atoms with Crippen LogP contribution in [0.3, 0.4) is 0 Å². The molecule has 1 amide bonds. The van der Waals surface area contributed by atoms with Gasteiger partial charge in [0.1, 0.15) is 5.82 Å². The molecular weight excluding hydrogens is 349 g/mol. The number of carbonyl (C=O) groups is 1. The van der Waals surface area contributed by atoms with Crippen LogP contribution in [0.5, 0.6) is 5.88 Å². The standard InChI is InChI=1S/C20H18FN3O3/c1-27-19-7-6-18(23-24-19)14-10-15(12-16(21)11-14)20(26)22-17-4-2-13(3-5-17)8-9-25/h2-7,10-12,25H,8-9H2,1H3,(H,22,26). The number of rotatable bonds is 6. The Kier molecular flexibility index (Phi) is 5.73. The lowest BCUT2D eigenvalue weighted by Crippen LogP contribution is -2.12. The number of amides is 1. The monoisotopic (exact) mass is 367 g/mol. The average molecular weight is 367 g/mol. The van der Waals surface area contributed by atoms with Gasteiger partial charge in [0.15, 0.2) is 0 Å². The van der Waals surface area contributed by atoms with Crippen molar-refractivity contribution in [1.82, 2.24) is 10.2 Å². The van der Waals surface area contributed by atoms with Gasteiger partial charge in [-0.25, -0.2) is 4.39 Å². The van der Waals surface area contributed by atoms with Crippen molar-refractivity contribution in [2.24, 2.45) is 0 Å². The molecule has 7 heteroatoms. The molecule has 0 aliphatic rings. The van der Waals surface area contributed by atoms with E-state index in [-0.39, 0.29) is 12.2 Å². The van der Waals surface area contributed by atoms with Crippen LogP contribution in [-0.4, -0.2) is 34.9 Å². The summed E-state index contributed by atoms with van der Waals surface area (Å²) in [6.07, 6.45) is 0.546. The molecule has 0 saturated carbocycles. The molecule has 0 fully saturated rings. The number of carbonyl (C=O) groups excluding carboxylic acids is 1. The molecule has 3 rings (SSSR count). The van der Waals surface area contributed by atoms with Crippen molar-refractivity contribution in [1.29, 1.82) is 0 Å². The summed E-state index contributed by atoms with van der Waals surface area (Å²) >= 11 is 0. The van der Waals surface area contributed by atoms with Gasteiger partial charge in [0.2, 0.25) is 5.88 Å². The number of halogens is 1. The fraction of sp³-hybridized carbons (Fsp3) is 0.150. The van der Waals surface area contributed by atoms with E-state index in [4.69, 9.17) is 9.84 Å². The summed E-state index contributed by atoms with van der Waals surface area (Å²) in [5.74, 6) is -0.640. The number of nitrogens with zero attached hydrogens (tertiary/aromatic N) is 2. The molecule has 0 aliphatic heterocycles. The summed E-state index contributed by atoms with van der Waals surface area (Å²) in [4.78, 5) is 12.5. The first kappa shape index (κ1) is 18.5. The minimum Gasteiger partial charge on any atom is -0.480 e. The van der Waals surface area contributed by atoms with Crippen molar-refractivity contribution in [2.75, 3.05) is 19.0 Å². The summed E-state index contributed by atoms with van der Waals surface area (Å²) in [6, 6.07) is 14.4. The Morgan fingerprint density at radius 3 is 2.52 bits per heavy atom. The highest BCUT2D eigenvalue weighted by Crippen LogP contribution is 2.22. The molecule has 0 saturated heterocycles. The van der Waals surface area contributed by atoms with Gasteiger partial charge in [0.05, 0.1) is 12.8 Å². The van der Waals surface area contributed by atoms with Crippen LogP contribution in [0.25, 0.3) is 11.3 Å². The van der Waals surface area contributed by atoms with Crippen LogP contribution in [0.15, 0.2) is 54.6 Å². The molecule has 0 atom stereocenters. The summed E-state index contributed by atoms with van der Waals surface area (Å²) < 4.78 is 19.0. The predicted octanol–water partition coefficient (Wildman–Crippen LogP) is 3.08. The fourth-order valence-corrected chi connectivity index (χ4v) is 2.54. The first-order valence-electron chi connectivity index (χ1n) is 8.29. The van der Waals surface area contributed by atoms with Gasteiger partial charge in [-0.2, -0.15) is 0 Å². The van der Waals surface area contributed by atoms with E-state index in [9.17, 15) is 9.18 Å². The quantitative estimate of drug-likeness (QED) is 0.699. The van der Waals surface area contributed by atoms with E-state index in [1.807, 2.05) is 12.1 Å². The zero-order chi connectivity index (χ0) is 19.2. The maximum Gasteiger partial charge on any atom is 0.255 e. The number of aliphatic hydroxyl groups excluding tert-OH is 1. The number of nitrogens with one attached hydrogen (secondary N) is 1. The molecule has 0 radical (unpaired) electrons. The van der Waals surface area contributed by atoms with E-state index >= 15 is 0 Å². The van der Waals surface area contributed by atoms with Gasteiger partial charge < -0.3 is 15.2 Å². The maximum absolute atomic E-state index is 14.0. The Labute approximate surface area is 155 Å². The van der Waals surface area contributed by atoms with E-state index in [0.717, 1.165) is 11.6 Å². The lowest BCUT2D eigenvalue weighted by atomic mass is 10.1. The molecule has 0 unspecified atom stereocenters. The van der Waals surface area contributed by atoms with Gasteiger partial charge in [-0.1, -0.05) is 12.1 Å². The second kappa shape index (κ2) is 8.37. The molecule has 138 valence electrons. The smallest absolute Gasteiger partial charge is 0.255 e. The second-order valence-corrected chi connectivity index (χ2v) is 5.81. The van der Waals surface area contributed by atoms with Gasteiger partial charge in [-0.05, 0) is 48.4 Å². The van der Waals surface area contributed by atoms with Crippen LogP contribution < -0.4 is 10.1 Å². The largest absolute Gasteiger partial charge is 0.480 e. The molecule has 0 spiro atoms. The summed E-state index contributed by atoms with van der Waals surface area (Å²) in [5, 5.41) is 19.5. The van der Waals surface area contributed by atoms with Gasteiger partial charge >= 0.3 is 0 Å². The molecule has 6 nitrogen and oxygen atoms in total. The Morgan fingerprint density at radius 1 is 1.11 bits per heavy atom. The van der Waals surface area contributed by atoms with Gasteiger partial charge in [0, 0.05) is 29.5 Å². The molecule has 27 heavy (non-hydrogen) atoms. The van der Waals surface area contributed by atoms with E-state index in [1.54, 1.807) is 30.3 Å². The molecule has 1 heterocycles. The predicted molar refractivity (Wildman–Crippen MR) is 99.2 cm³/mol. The number of methoxy groups -OCH3 is 1. The minimum atomic E-state index is -0.548. The molecule has 3 aromatic rings. The summed E-state index contributed by atoms with van der Waals surface area (Å²) in [5.41, 5.74) is 2.58. The van der Waals surface area contributed by atoms with Crippen LogP contribution in [0.4, 0.5) is 10.1 Å². The molecule has 0 bridgehead atoms. The van der Waals surface area contributed by atoms with Crippen LogP contribution in [0, 0.1) is 5.82 Å². The highest BCUT2D eigenvalue weighted by atomic mass is 19.1. The van der Waals surface area contributed by atoms with Crippen molar-refractivity contribution in [3.05, 3.63) is 71.5 Å². The lowest BCUT2D eigenvalue weighted by molar-refractivity contribution is 0.102. The van der Waals surface area contributed by atoms with E-state index in [2.05, 4.69) is 15.5 Å². The van der Waals surface area contributed by atoms with E-state index in [0.29, 0.717) is 29.2 Å². The van der Waals surface area contributed by atoms with Crippen molar-refractivity contribution in [2.45, 2.75) is 6.42 Å². The third-order valence-electron chi connectivity index (χ3n) is 3.92. The highest BCUT2D eigenvalue weighted by Gasteiger charge is 2.12. The first-order valence-corrected chi connectivity index (χ1v) is 8.29. The highest BCUT2D eigenvalue weighted by molar-refractivity contribution is 6.04. The minimum absolute atomic E-state index is 0.0615. The zero-order valence-corrected chi connectivity index (χ0v) is 14.6. The Hall–Kier alpha value is -3.32. The summed E-state index contributed by atoms with van der Waals surface area (Å²) in [6.45, 7) is 0.0615. The molecule has 2 aromatic carbocycles. The van der Waals surface area contributed by atoms with Crippen molar-refractivity contribution < 1.29 is 19.0 Å². The molecule has 0 aliphatic carbocycles. The lowest BCUT2D eigenvalue weighted by Gasteiger charge is -2.08. The summed E-state index contributed by atoms with van der Waals surface area (Å²) in [7, 11) is 1.48. The number of ether oxygens (including phenoxy) is 1. The van der Waals surface area contributed by atoms with Crippen LogP contribution in [0.2, 0.25) is 0 Å². The molecule has 2 N–H and O–H groups in total. The number of aliphatic hydroxyl groups is 1.